The van der Waals surface area contributed by atoms with E-state index in [4.69, 9.17) is 4.42 Å². The van der Waals surface area contributed by atoms with Crippen molar-refractivity contribution in [1.82, 2.24) is 0 Å². The highest BCUT2D eigenvalue weighted by Gasteiger charge is 2.15. The number of ketones is 1. The molecule has 0 atom stereocenters. The summed E-state index contributed by atoms with van der Waals surface area (Å²) >= 11 is 0. The first kappa shape index (κ1) is 9.97. The van der Waals surface area contributed by atoms with Gasteiger partial charge in [-0.1, -0.05) is 25.5 Å². The van der Waals surface area contributed by atoms with Gasteiger partial charge in [-0.3, -0.25) is 4.79 Å². The molecule has 2 aromatic rings. The number of Topliss-reactive ketones (excluding diaryl/α,β-unsaturated/α-hetero) is 1. The first-order valence-corrected chi connectivity index (χ1v) is 5.12. The van der Waals surface area contributed by atoms with E-state index in [2.05, 4.69) is 0 Å². The molecule has 0 aliphatic heterocycles. The highest BCUT2D eigenvalue weighted by Crippen LogP contribution is 2.22. The highest BCUT2D eigenvalue weighted by molar-refractivity contribution is 5.98. The van der Waals surface area contributed by atoms with Gasteiger partial charge in [-0.15, -0.1) is 0 Å². The second-order valence-electron chi connectivity index (χ2n) is 4.17. The maximum absolute atomic E-state index is 11.7. The zero-order valence-electron chi connectivity index (χ0n) is 9.20. The van der Waals surface area contributed by atoms with Gasteiger partial charge in [0.25, 0.3) is 0 Å². The van der Waals surface area contributed by atoms with Crippen LogP contribution in [0.1, 0.15) is 30.0 Å². The minimum absolute atomic E-state index is 0.0216. The summed E-state index contributed by atoms with van der Waals surface area (Å²) in [7, 11) is 0. The van der Waals surface area contributed by atoms with Crippen molar-refractivity contribution in [1.29, 1.82) is 0 Å². The van der Waals surface area contributed by atoms with Crippen LogP contribution in [0, 0.1) is 12.8 Å². The van der Waals surface area contributed by atoms with Crippen molar-refractivity contribution in [3.8, 4) is 0 Å². The summed E-state index contributed by atoms with van der Waals surface area (Å²) in [5, 5.41) is 0.999. The molecule has 0 fully saturated rings. The summed E-state index contributed by atoms with van der Waals surface area (Å²) in [6.45, 7) is 5.78. The fourth-order valence-corrected chi connectivity index (χ4v) is 1.57. The third-order valence-corrected chi connectivity index (χ3v) is 2.44. The fraction of sp³-hybridized carbons (Fsp3) is 0.308. The zero-order valence-corrected chi connectivity index (χ0v) is 9.20. The van der Waals surface area contributed by atoms with Gasteiger partial charge in [-0.25, -0.2) is 0 Å². The Morgan fingerprint density at radius 2 is 2.00 bits per heavy atom. The molecule has 0 unspecified atom stereocenters. The molecular formula is C13H14O2. The molecule has 1 aromatic carbocycles. The SMILES string of the molecule is Cc1ccc2oc(C(=O)C(C)C)cc2c1. The number of hydrogen-bond donors (Lipinski definition) is 0. The topological polar surface area (TPSA) is 30.2 Å². The first-order valence-electron chi connectivity index (χ1n) is 5.12. The van der Waals surface area contributed by atoms with Crippen LogP contribution in [0.5, 0.6) is 0 Å². The zero-order chi connectivity index (χ0) is 11.0. The molecule has 1 aromatic heterocycles. The average molecular weight is 202 g/mol. The average Bonchev–Trinajstić information content (AvgIpc) is 2.58. The molecule has 0 saturated heterocycles. The van der Waals surface area contributed by atoms with Crippen molar-refractivity contribution in [2.75, 3.05) is 0 Å². The lowest BCUT2D eigenvalue weighted by Crippen LogP contribution is -2.05. The molecule has 1 heterocycles. The van der Waals surface area contributed by atoms with Crippen molar-refractivity contribution < 1.29 is 9.21 Å². The van der Waals surface area contributed by atoms with Crippen LogP contribution in [0.25, 0.3) is 11.0 Å². The maximum Gasteiger partial charge on any atom is 0.200 e. The number of carbonyl (C=O) groups excluding carboxylic acids is 1. The number of benzene rings is 1. The molecule has 78 valence electrons. The fourth-order valence-electron chi connectivity index (χ4n) is 1.57. The predicted octanol–water partition coefficient (Wildman–Crippen LogP) is 3.58. The Hall–Kier alpha value is -1.57. The molecule has 15 heavy (non-hydrogen) atoms. The molecule has 0 bridgehead atoms. The molecule has 0 aliphatic carbocycles. The highest BCUT2D eigenvalue weighted by atomic mass is 16.3. The molecule has 2 heteroatoms. The van der Waals surface area contributed by atoms with Gasteiger partial charge >= 0.3 is 0 Å². The van der Waals surface area contributed by atoms with Crippen LogP contribution in [0.2, 0.25) is 0 Å². The van der Waals surface area contributed by atoms with Crippen LogP contribution in [-0.2, 0) is 0 Å². The second-order valence-corrected chi connectivity index (χ2v) is 4.17. The Morgan fingerprint density at radius 1 is 1.27 bits per heavy atom. The number of aryl methyl sites for hydroxylation is 1. The standard InChI is InChI=1S/C13H14O2/c1-8(2)13(14)12-7-10-6-9(3)4-5-11(10)15-12/h4-8H,1-3H3. The van der Waals surface area contributed by atoms with E-state index in [0.717, 1.165) is 11.0 Å². The van der Waals surface area contributed by atoms with Gasteiger partial charge in [-0.05, 0) is 25.1 Å². The van der Waals surface area contributed by atoms with Crippen LogP contribution in [-0.4, -0.2) is 5.78 Å². The Labute approximate surface area is 88.9 Å². The van der Waals surface area contributed by atoms with Crippen LogP contribution < -0.4 is 0 Å². The van der Waals surface area contributed by atoms with E-state index >= 15 is 0 Å². The van der Waals surface area contributed by atoms with Crippen molar-refractivity contribution in [2.45, 2.75) is 20.8 Å². The smallest absolute Gasteiger partial charge is 0.200 e. The number of hydrogen-bond acceptors (Lipinski definition) is 2. The first-order chi connectivity index (χ1) is 7.08. The second kappa shape index (κ2) is 3.54. The predicted molar refractivity (Wildman–Crippen MR) is 60.1 cm³/mol. The lowest BCUT2D eigenvalue weighted by molar-refractivity contribution is 0.0913. The quantitative estimate of drug-likeness (QED) is 0.697. The van der Waals surface area contributed by atoms with E-state index in [-0.39, 0.29) is 11.7 Å². The Morgan fingerprint density at radius 3 is 2.67 bits per heavy atom. The van der Waals surface area contributed by atoms with E-state index in [1.165, 1.54) is 5.56 Å². The summed E-state index contributed by atoms with van der Waals surface area (Å²) in [5.74, 6) is 0.501. The van der Waals surface area contributed by atoms with Gasteiger partial charge in [0.2, 0.25) is 5.78 Å². The van der Waals surface area contributed by atoms with Gasteiger partial charge in [0.15, 0.2) is 5.76 Å². The molecule has 2 nitrogen and oxygen atoms in total. The van der Waals surface area contributed by atoms with Crippen molar-refractivity contribution >= 4 is 16.8 Å². The van der Waals surface area contributed by atoms with Crippen LogP contribution in [0.3, 0.4) is 0 Å². The summed E-state index contributed by atoms with van der Waals surface area (Å²) in [4.78, 5) is 11.7. The van der Waals surface area contributed by atoms with Gasteiger partial charge in [0.05, 0.1) is 0 Å². The summed E-state index contributed by atoms with van der Waals surface area (Å²) in [6, 6.07) is 7.73. The van der Waals surface area contributed by atoms with E-state index in [9.17, 15) is 4.79 Å². The third kappa shape index (κ3) is 1.80. The van der Waals surface area contributed by atoms with E-state index in [0.29, 0.717) is 5.76 Å². The lowest BCUT2D eigenvalue weighted by Gasteiger charge is -1.97. The van der Waals surface area contributed by atoms with E-state index in [1.807, 2.05) is 45.0 Å². The van der Waals surface area contributed by atoms with Gasteiger partial charge in [-0.2, -0.15) is 0 Å². The lowest BCUT2D eigenvalue weighted by atomic mass is 10.1. The van der Waals surface area contributed by atoms with Crippen LogP contribution in [0.15, 0.2) is 28.7 Å². The largest absolute Gasteiger partial charge is 0.453 e. The molecular weight excluding hydrogens is 188 g/mol. The minimum Gasteiger partial charge on any atom is -0.453 e. The molecule has 0 saturated carbocycles. The van der Waals surface area contributed by atoms with Crippen molar-refractivity contribution in [3.63, 3.8) is 0 Å². The van der Waals surface area contributed by atoms with E-state index < -0.39 is 0 Å². The van der Waals surface area contributed by atoms with Gasteiger partial charge in [0.1, 0.15) is 5.58 Å². The van der Waals surface area contributed by atoms with Gasteiger partial charge < -0.3 is 4.42 Å². The Bertz CT molecular complexity index is 506. The third-order valence-electron chi connectivity index (χ3n) is 2.44. The molecule has 0 amide bonds. The number of rotatable bonds is 2. The van der Waals surface area contributed by atoms with Crippen molar-refractivity contribution in [3.05, 3.63) is 35.6 Å². The Kier molecular flexibility index (Phi) is 2.35. The molecule has 2 rings (SSSR count). The molecule has 0 radical (unpaired) electrons. The summed E-state index contributed by atoms with van der Waals surface area (Å²) in [5.41, 5.74) is 1.96. The van der Waals surface area contributed by atoms with E-state index in [1.54, 1.807) is 0 Å². The number of fused-ring (bicyclic) bond motifs is 1. The monoisotopic (exact) mass is 202 g/mol. The van der Waals surface area contributed by atoms with Gasteiger partial charge in [0, 0.05) is 11.3 Å². The molecule has 0 spiro atoms. The van der Waals surface area contributed by atoms with Crippen LogP contribution >= 0.6 is 0 Å². The molecule has 0 aliphatic rings. The summed E-state index contributed by atoms with van der Waals surface area (Å²) in [6.07, 6.45) is 0. The normalized spacial score (nSPS) is 11.2. The van der Waals surface area contributed by atoms with Crippen molar-refractivity contribution in [2.24, 2.45) is 5.92 Å². The number of furan rings is 1. The van der Waals surface area contributed by atoms with Crippen LogP contribution in [0.4, 0.5) is 0 Å². The number of carbonyl (C=O) groups is 1. The minimum atomic E-state index is -0.0216. The molecule has 0 N–H and O–H groups in total. The maximum atomic E-state index is 11.7. The summed E-state index contributed by atoms with van der Waals surface area (Å²) < 4.78 is 5.50. The Balaban J connectivity index is 2.52.